The summed E-state index contributed by atoms with van der Waals surface area (Å²) in [5.74, 6) is -1.72. The van der Waals surface area contributed by atoms with Gasteiger partial charge >= 0.3 is 6.09 Å². The summed E-state index contributed by atoms with van der Waals surface area (Å²) in [4.78, 5) is 14.3. The monoisotopic (exact) mass is 654 g/mol. The molecule has 1 amide bonds. The van der Waals surface area contributed by atoms with Crippen molar-refractivity contribution < 1.29 is 37.3 Å². The Morgan fingerprint density at radius 1 is 1.13 bits per heavy atom. The van der Waals surface area contributed by atoms with Crippen LogP contribution in [0.5, 0.6) is 11.5 Å². The number of hydrogen-bond acceptors (Lipinski definition) is 7. The minimum Gasteiger partial charge on any atom is -0.488 e. The van der Waals surface area contributed by atoms with Gasteiger partial charge in [-0.3, -0.25) is 0 Å². The first-order chi connectivity index (χ1) is 22.3. The molecule has 2 aliphatic rings. The average Bonchev–Trinajstić information content (AvgIpc) is 3.43. The zero-order chi connectivity index (χ0) is 32.7. The first kappa shape index (κ1) is 33.5. The van der Waals surface area contributed by atoms with Gasteiger partial charge in [0.15, 0.2) is 23.5 Å². The van der Waals surface area contributed by atoms with Crippen molar-refractivity contribution >= 4 is 17.7 Å². The van der Waals surface area contributed by atoms with Gasteiger partial charge in [0.25, 0.3) is 0 Å². The molecular weight excluding hydrogens is 618 g/mol. The molecule has 8 nitrogen and oxygen atoms in total. The maximum Gasteiger partial charge on any atom is 0.409 e. The molecule has 0 radical (unpaired) electrons. The molecule has 11 heteroatoms. The zero-order valence-corrected chi connectivity index (χ0v) is 26.7. The van der Waals surface area contributed by atoms with Gasteiger partial charge in [-0.2, -0.15) is 5.26 Å². The number of carbonyl (C=O) groups excluding carboxylic acids is 1. The molecule has 0 spiro atoms. The van der Waals surface area contributed by atoms with Gasteiger partial charge in [0, 0.05) is 42.8 Å². The number of nitrogens with zero attached hydrogens (tertiary/aromatic N) is 2. The minimum atomic E-state index is -1.19. The zero-order valence-electron chi connectivity index (χ0n) is 26.0. The second kappa shape index (κ2) is 15.1. The molecule has 2 heterocycles. The van der Waals surface area contributed by atoms with Crippen LogP contribution in [0.3, 0.4) is 0 Å². The van der Waals surface area contributed by atoms with Crippen LogP contribution in [0.4, 0.5) is 13.6 Å². The van der Waals surface area contributed by atoms with E-state index in [0.717, 1.165) is 38.2 Å². The molecule has 5 rings (SSSR count). The Bertz CT molecular complexity index is 1580. The van der Waals surface area contributed by atoms with Crippen molar-refractivity contribution in [3.8, 4) is 28.7 Å². The molecule has 3 aromatic carbocycles. The maximum absolute atomic E-state index is 16.3. The highest BCUT2D eigenvalue weighted by molar-refractivity contribution is 6.34. The van der Waals surface area contributed by atoms with Crippen molar-refractivity contribution in [2.24, 2.45) is 0 Å². The average molecular weight is 655 g/mol. The van der Waals surface area contributed by atoms with E-state index in [2.05, 4.69) is 0 Å². The number of likely N-dealkylation sites (N-methyl/N-ethyl adjacent to an activating group) is 1. The van der Waals surface area contributed by atoms with E-state index < -0.39 is 23.3 Å². The molecule has 46 heavy (non-hydrogen) atoms. The third kappa shape index (κ3) is 7.22. The van der Waals surface area contributed by atoms with Crippen molar-refractivity contribution in [2.45, 2.75) is 57.3 Å². The number of ether oxygens (including phenoxy) is 5. The van der Waals surface area contributed by atoms with E-state index in [-0.39, 0.29) is 72.3 Å². The first-order valence-corrected chi connectivity index (χ1v) is 15.9. The largest absolute Gasteiger partial charge is 0.488 e. The van der Waals surface area contributed by atoms with Gasteiger partial charge in [-0.25, -0.2) is 13.6 Å². The molecule has 1 saturated heterocycles. The van der Waals surface area contributed by atoms with Crippen LogP contribution in [0.25, 0.3) is 11.1 Å². The number of amides is 1. The molecular formula is C35H37ClF2N2O6. The second-order valence-corrected chi connectivity index (χ2v) is 11.8. The molecule has 0 aliphatic carbocycles. The van der Waals surface area contributed by atoms with Gasteiger partial charge in [-0.05, 0) is 43.4 Å². The summed E-state index contributed by atoms with van der Waals surface area (Å²) in [6, 6.07) is 15.1. The fourth-order valence-electron chi connectivity index (χ4n) is 5.82. The standard InChI is InChI=1S/C35H37ClF2N2O6/c1-3-4-15-45-34(41)40(2)22-35(24-10-6-5-7-11-24)20-25-28(46-35)19-26(37)32(36)31(25)30-23(21-39)13-14-27(33(30)38)42-17-18-44-29-12-8-9-16-43-29/h5-7,10-11,13-14,19,29H,3-4,8-9,12,15-18,20,22H2,1-2H3/t29?,35-/m1/s1. The fraction of sp³-hybridized carbons (Fsp3) is 0.429. The second-order valence-electron chi connectivity index (χ2n) is 11.4. The molecule has 2 atom stereocenters. The smallest absolute Gasteiger partial charge is 0.409 e. The lowest BCUT2D eigenvalue weighted by Crippen LogP contribution is -2.45. The fourth-order valence-corrected chi connectivity index (χ4v) is 6.09. The van der Waals surface area contributed by atoms with Crippen molar-refractivity contribution in [1.82, 2.24) is 4.90 Å². The van der Waals surface area contributed by atoms with E-state index in [9.17, 15) is 10.1 Å². The van der Waals surface area contributed by atoms with Crippen molar-refractivity contribution in [1.29, 1.82) is 5.26 Å². The van der Waals surface area contributed by atoms with Gasteiger partial charge in [-0.15, -0.1) is 0 Å². The SMILES string of the molecule is CCCCOC(=O)N(C)C[C@@]1(c2ccccc2)Cc2c(cc(F)c(Cl)c2-c2c(C#N)ccc(OCCOC3CCCCO3)c2F)O1. The molecule has 0 aromatic heterocycles. The van der Waals surface area contributed by atoms with Crippen LogP contribution in [0.15, 0.2) is 48.5 Å². The molecule has 0 bridgehead atoms. The Labute approximate surface area is 272 Å². The molecule has 244 valence electrons. The summed E-state index contributed by atoms with van der Waals surface area (Å²) in [5.41, 5.74) is -0.342. The Balaban J connectivity index is 1.49. The summed E-state index contributed by atoms with van der Waals surface area (Å²) >= 11 is 6.58. The summed E-state index contributed by atoms with van der Waals surface area (Å²) in [5, 5.41) is 9.64. The highest BCUT2D eigenvalue weighted by atomic mass is 35.5. The van der Waals surface area contributed by atoms with E-state index in [1.165, 1.54) is 17.0 Å². The lowest BCUT2D eigenvalue weighted by Gasteiger charge is -2.33. The van der Waals surface area contributed by atoms with Crippen LogP contribution in [0.2, 0.25) is 5.02 Å². The summed E-state index contributed by atoms with van der Waals surface area (Å²) in [7, 11) is 1.60. The van der Waals surface area contributed by atoms with Crippen molar-refractivity contribution in [3.05, 3.63) is 81.9 Å². The lowest BCUT2D eigenvalue weighted by molar-refractivity contribution is -0.165. The number of halogens is 3. The first-order valence-electron chi connectivity index (χ1n) is 15.5. The van der Waals surface area contributed by atoms with Crippen LogP contribution in [0.1, 0.15) is 55.7 Å². The maximum atomic E-state index is 16.3. The third-order valence-corrected chi connectivity index (χ3v) is 8.51. The van der Waals surface area contributed by atoms with Crippen LogP contribution >= 0.6 is 11.6 Å². The Hall–Kier alpha value is -3.91. The summed E-state index contributed by atoms with van der Waals surface area (Å²) in [6.07, 6.45) is 3.61. The Morgan fingerprint density at radius 3 is 2.65 bits per heavy atom. The van der Waals surface area contributed by atoms with E-state index >= 15 is 8.78 Å². The highest BCUT2D eigenvalue weighted by Crippen LogP contribution is 2.51. The number of fused-ring (bicyclic) bond motifs is 1. The minimum absolute atomic E-state index is 0.00555. The summed E-state index contributed by atoms with van der Waals surface area (Å²) < 4.78 is 60.7. The number of rotatable bonds is 12. The molecule has 0 N–H and O–H groups in total. The highest BCUT2D eigenvalue weighted by Gasteiger charge is 2.45. The number of carbonyl (C=O) groups is 1. The predicted octanol–water partition coefficient (Wildman–Crippen LogP) is 7.78. The van der Waals surface area contributed by atoms with Gasteiger partial charge in [0.1, 0.15) is 18.2 Å². The van der Waals surface area contributed by atoms with E-state index in [0.29, 0.717) is 17.7 Å². The van der Waals surface area contributed by atoms with Crippen LogP contribution in [-0.2, 0) is 26.2 Å². The van der Waals surface area contributed by atoms with Crippen LogP contribution in [0, 0.1) is 23.0 Å². The molecule has 0 saturated carbocycles. The molecule has 1 unspecified atom stereocenters. The lowest BCUT2D eigenvalue weighted by atomic mass is 9.85. The van der Waals surface area contributed by atoms with Gasteiger partial charge in [-0.1, -0.05) is 55.3 Å². The van der Waals surface area contributed by atoms with E-state index in [1.54, 1.807) is 7.05 Å². The van der Waals surface area contributed by atoms with Gasteiger partial charge in [0.05, 0.1) is 36.4 Å². The molecule has 3 aromatic rings. The van der Waals surface area contributed by atoms with Crippen LogP contribution in [-0.4, -0.2) is 57.3 Å². The predicted molar refractivity (Wildman–Crippen MR) is 168 cm³/mol. The van der Waals surface area contributed by atoms with Crippen molar-refractivity contribution in [2.75, 3.05) is 40.0 Å². The quantitative estimate of drug-likeness (QED) is 0.184. The summed E-state index contributed by atoms with van der Waals surface area (Å²) in [6.45, 7) is 3.13. The Morgan fingerprint density at radius 2 is 1.93 bits per heavy atom. The van der Waals surface area contributed by atoms with Crippen LogP contribution < -0.4 is 9.47 Å². The van der Waals surface area contributed by atoms with Gasteiger partial charge < -0.3 is 28.6 Å². The number of unbranched alkanes of at least 4 members (excludes halogenated alkanes) is 1. The topological polar surface area (TPSA) is 90.3 Å². The number of hydrogen-bond donors (Lipinski definition) is 0. The van der Waals surface area contributed by atoms with E-state index in [1.807, 2.05) is 43.3 Å². The molecule has 1 fully saturated rings. The third-order valence-electron chi connectivity index (χ3n) is 8.14. The number of nitriles is 1. The Kier molecular flexibility index (Phi) is 11.0. The van der Waals surface area contributed by atoms with Gasteiger partial charge in [0.2, 0.25) is 0 Å². The number of benzene rings is 3. The van der Waals surface area contributed by atoms with Crippen molar-refractivity contribution in [3.63, 3.8) is 0 Å². The molecule has 2 aliphatic heterocycles. The normalized spacial score (nSPS) is 18.7. The van der Waals surface area contributed by atoms with E-state index in [4.69, 9.17) is 35.3 Å².